The van der Waals surface area contributed by atoms with E-state index in [-0.39, 0.29) is 17.4 Å². The van der Waals surface area contributed by atoms with Crippen LogP contribution in [-0.4, -0.2) is 12.4 Å². The summed E-state index contributed by atoms with van der Waals surface area (Å²) in [4.78, 5) is 10.8. The second-order valence-electron chi connectivity index (χ2n) is 4.27. The Kier molecular flexibility index (Phi) is 4.15. The van der Waals surface area contributed by atoms with Gasteiger partial charge in [-0.25, -0.2) is 4.39 Å². The van der Waals surface area contributed by atoms with Gasteiger partial charge in [0, 0.05) is 4.47 Å². The van der Waals surface area contributed by atoms with Gasteiger partial charge >= 0.3 is 0 Å². The van der Waals surface area contributed by atoms with Crippen molar-refractivity contribution in [2.75, 3.05) is 0 Å². The highest BCUT2D eigenvalue weighted by Gasteiger charge is 2.19. The molecule has 4 heteroatoms. The summed E-state index contributed by atoms with van der Waals surface area (Å²) in [5.41, 5.74) is 0.0262. The van der Waals surface area contributed by atoms with Crippen LogP contribution in [0.2, 0.25) is 0 Å². The van der Waals surface area contributed by atoms with Gasteiger partial charge in [0.25, 0.3) is 0 Å². The molecule has 0 spiro atoms. The Balaban J connectivity index is 2.17. The Morgan fingerprint density at radius 1 is 1.29 bits per heavy atom. The third-order valence-corrected chi connectivity index (χ3v) is 3.75. The third-order valence-electron chi connectivity index (χ3n) is 3.05. The van der Waals surface area contributed by atoms with Crippen molar-refractivity contribution in [2.24, 2.45) is 0 Å². The molecule has 1 fully saturated rings. The minimum absolute atomic E-state index is 0.0262. The third kappa shape index (κ3) is 2.86. The van der Waals surface area contributed by atoms with Gasteiger partial charge in [0.1, 0.15) is 0 Å². The van der Waals surface area contributed by atoms with Crippen LogP contribution >= 0.6 is 15.9 Å². The fourth-order valence-corrected chi connectivity index (χ4v) is 2.51. The van der Waals surface area contributed by atoms with Gasteiger partial charge < -0.3 is 4.74 Å². The molecular weight excluding hydrogens is 287 g/mol. The second-order valence-corrected chi connectivity index (χ2v) is 5.12. The van der Waals surface area contributed by atoms with E-state index in [1.807, 2.05) is 0 Å². The number of carbonyl (C=O) groups is 1. The normalized spacial score (nSPS) is 16.8. The number of rotatable bonds is 3. The van der Waals surface area contributed by atoms with E-state index in [0.717, 1.165) is 25.7 Å². The summed E-state index contributed by atoms with van der Waals surface area (Å²) in [5.74, 6) is -0.387. The van der Waals surface area contributed by atoms with Gasteiger partial charge in [-0.3, -0.25) is 4.79 Å². The average Bonchev–Trinajstić information content (AvgIpc) is 2.35. The summed E-state index contributed by atoms with van der Waals surface area (Å²) in [6, 6.07) is 3.21. The molecule has 92 valence electrons. The van der Waals surface area contributed by atoms with Gasteiger partial charge in [-0.05, 0) is 53.7 Å². The smallest absolute Gasteiger partial charge is 0.176 e. The van der Waals surface area contributed by atoms with Crippen LogP contribution in [0.25, 0.3) is 0 Å². The highest BCUT2D eigenvalue weighted by Crippen LogP contribution is 2.29. The predicted octanol–water partition coefficient (Wildman–Crippen LogP) is 4.11. The topological polar surface area (TPSA) is 26.3 Å². The lowest BCUT2D eigenvalue weighted by atomic mass is 9.98. The molecule has 1 aliphatic carbocycles. The summed E-state index contributed by atoms with van der Waals surface area (Å²) < 4.78 is 20.0. The molecular formula is C13H14BrFO2. The van der Waals surface area contributed by atoms with E-state index in [1.54, 1.807) is 12.1 Å². The van der Waals surface area contributed by atoms with Crippen molar-refractivity contribution in [3.05, 3.63) is 28.0 Å². The summed E-state index contributed by atoms with van der Waals surface area (Å²) in [6.45, 7) is 0. The number of hydrogen-bond donors (Lipinski definition) is 0. The zero-order valence-corrected chi connectivity index (χ0v) is 11.0. The van der Waals surface area contributed by atoms with Crippen LogP contribution < -0.4 is 4.74 Å². The Morgan fingerprint density at radius 2 is 2.00 bits per heavy atom. The highest BCUT2D eigenvalue weighted by molar-refractivity contribution is 9.10. The molecule has 0 amide bonds. The van der Waals surface area contributed by atoms with Gasteiger partial charge in [-0.15, -0.1) is 0 Å². The molecule has 0 unspecified atom stereocenters. The van der Waals surface area contributed by atoms with Crippen LogP contribution in [-0.2, 0) is 0 Å². The molecule has 0 aliphatic heterocycles. The molecule has 1 aromatic carbocycles. The maximum absolute atomic E-state index is 13.9. The fraction of sp³-hybridized carbons (Fsp3) is 0.462. The number of aldehydes is 1. The minimum atomic E-state index is -0.569. The molecule has 0 aromatic heterocycles. The lowest BCUT2D eigenvalue weighted by Crippen LogP contribution is -2.20. The van der Waals surface area contributed by atoms with Crippen LogP contribution in [0.4, 0.5) is 4.39 Å². The van der Waals surface area contributed by atoms with E-state index in [1.165, 1.54) is 6.42 Å². The summed E-state index contributed by atoms with van der Waals surface area (Å²) in [6.07, 6.45) is 6.00. The van der Waals surface area contributed by atoms with E-state index < -0.39 is 5.82 Å². The largest absolute Gasteiger partial charge is 0.487 e. The molecule has 1 aromatic rings. The zero-order chi connectivity index (χ0) is 12.3. The van der Waals surface area contributed by atoms with Gasteiger partial charge in [0.05, 0.1) is 11.7 Å². The molecule has 0 radical (unpaired) electrons. The van der Waals surface area contributed by atoms with E-state index in [4.69, 9.17) is 4.74 Å². The van der Waals surface area contributed by atoms with Crippen LogP contribution in [0, 0.1) is 5.82 Å². The number of halogens is 2. The van der Waals surface area contributed by atoms with Gasteiger partial charge in [0.15, 0.2) is 17.9 Å². The van der Waals surface area contributed by atoms with Crippen LogP contribution in [0.3, 0.4) is 0 Å². The Bertz CT molecular complexity index is 414. The predicted molar refractivity (Wildman–Crippen MR) is 67.0 cm³/mol. The SMILES string of the molecule is O=Cc1c(Br)ccc(OC2CCCCC2)c1F. The summed E-state index contributed by atoms with van der Waals surface area (Å²) in [7, 11) is 0. The van der Waals surface area contributed by atoms with Crippen LogP contribution in [0.5, 0.6) is 5.75 Å². The lowest BCUT2D eigenvalue weighted by Gasteiger charge is -2.23. The van der Waals surface area contributed by atoms with Gasteiger partial charge in [0.2, 0.25) is 0 Å². The molecule has 0 saturated heterocycles. The first kappa shape index (κ1) is 12.6. The highest BCUT2D eigenvalue weighted by atomic mass is 79.9. The molecule has 1 saturated carbocycles. The Hall–Kier alpha value is -0.900. The zero-order valence-electron chi connectivity index (χ0n) is 9.42. The maximum Gasteiger partial charge on any atom is 0.176 e. The molecule has 2 nitrogen and oxygen atoms in total. The quantitative estimate of drug-likeness (QED) is 0.785. The number of hydrogen-bond acceptors (Lipinski definition) is 2. The molecule has 0 atom stereocenters. The molecule has 2 rings (SSSR count). The first-order valence-corrected chi connectivity index (χ1v) is 6.61. The summed E-state index contributed by atoms with van der Waals surface area (Å²) >= 11 is 3.14. The molecule has 0 heterocycles. The summed E-state index contributed by atoms with van der Waals surface area (Å²) in [5, 5.41) is 0. The van der Waals surface area contributed by atoms with Crippen LogP contribution in [0.1, 0.15) is 42.5 Å². The van der Waals surface area contributed by atoms with Gasteiger partial charge in [-0.2, -0.15) is 0 Å². The second kappa shape index (κ2) is 5.63. The number of benzene rings is 1. The van der Waals surface area contributed by atoms with Crippen LogP contribution in [0.15, 0.2) is 16.6 Å². The van der Waals surface area contributed by atoms with Crippen molar-refractivity contribution in [1.29, 1.82) is 0 Å². The van der Waals surface area contributed by atoms with E-state index in [2.05, 4.69) is 15.9 Å². The van der Waals surface area contributed by atoms with Crippen molar-refractivity contribution in [3.8, 4) is 5.75 Å². The minimum Gasteiger partial charge on any atom is -0.487 e. The maximum atomic E-state index is 13.9. The first-order chi connectivity index (χ1) is 8.22. The first-order valence-electron chi connectivity index (χ1n) is 5.82. The lowest BCUT2D eigenvalue weighted by molar-refractivity contribution is 0.111. The average molecular weight is 301 g/mol. The van der Waals surface area contributed by atoms with Crippen molar-refractivity contribution < 1.29 is 13.9 Å². The Morgan fingerprint density at radius 3 is 2.65 bits per heavy atom. The number of ether oxygens (including phenoxy) is 1. The van der Waals surface area contributed by atoms with E-state index in [0.29, 0.717) is 10.8 Å². The Labute approximate surface area is 108 Å². The standard InChI is InChI=1S/C13H14BrFO2/c14-11-6-7-12(13(15)10(11)8-16)17-9-4-2-1-3-5-9/h6-9H,1-5H2. The van der Waals surface area contributed by atoms with Crippen molar-refractivity contribution >= 4 is 22.2 Å². The molecule has 0 bridgehead atoms. The monoisotopic (exact) mass is 300 g/mol. The van der Waals surface area contributed by atoms with E-state index in [9.17, 15) is 9.18 Å². The van der Waals surface area contributed by atoms with Crippen molar-refractivity contribution in [1.82, 2.24) is 0 Å². The van der Waals surface area contributed by atoms with Crippen molar-refractivity contribution in [3.63, 3.8) is 0 Å². The van der Waals surface area contributed by atoms with Crippen molar-refractivity contribution in [2.45, 2.75) is 38.2 Å². The van der Waals surface area contributed by atoms with E-state index >= 15 is 0 Å². The fourth-order valence-electron chi connectivity index (χ4n) is 2.11. The number of carbonyl (C=O) groups excluding carboxylic acids is 1. The molecule has 1 aliphatic rings. The molecule has 0 N–H and O–H groups in total. The molecule has 17 heavy (non-hydrogen) atoms. The van der Waals surface area contributed by atoms with Gasteiger partial charge in [-0.1, -0.05) is 6.42 Å².